The summed E-state index contributed by atoms with van der Waals surface area (Å²) in [6, 6.07) is 8.27. The van der Waals surface area contributed by atoms with Gasteiger partial charge in [0.1, 0.15) is 5.75 Å². The third kappa shape index (κ3) is 12.0. The van der Waals surface area contributed by atoms with E-state index in [9.17, 15) is 0 Å². The predicted octanol–water partition coefficient (Wildman–Crippen LogP) is 10.4. The molecule has 0 bridgehead atoms. The highest BCUT2D eigenvalue weighted by Gasteiger charge is 2.20. The Balaban J connectivity index is 1.28. The van der Waals surface area contributed by atoms with Crippen molar-refractivity contribution in [1.82, 2.24) is 9.97 Å². The van der Waals surface area contributed by atoms with Crippen LogP contribution in [0.15, 0.2) is 36.7 Å². The number of ether oxygens (including phenoxy) is 1. The summed E-state index contributed by atoms with van der Waals surface area (Å²) < 4.78 is 5.96. The molecule has 0 saturated heterocycles. The Hall–Kier alpha value is -1.90. The Labute approximate surface area is 228 Å². The zero-order chi connectivity index (χ0) is 26.0. The number of aromatic nitrogens is 2. The van der Waals surface area contributed by atoms with Gasteiger partial charge in [-0.25, -0.2) is 9.97 Å². The molecule has 1 aliphatic carbocycles. The summed E-state index contributed by atoms with van der Waals surface area (Å²) in [5.41, 5.74) is 2.33. The molecule has 0 aliphatic heterocycles. The fourth-order valence-corrected chi connectivity index (χ4v) is 5.80. The van der Waals surface area contributed by atoms with Crippen LogP contribution >= 0.6 is 0 Å². The van der Waals surface area contributed by atoms with Crippen LogP contribution in [0.1, 0.15) is 135 Å². The lowest BCUT2D eigenvalue weighted by molar-refractivity contribution is 0.249. The van der Waals surface area contributed by atoms with Crippen LogP contribution in [0.25, 0.3) is 11.4 Å². The van der Waals surface area contributed by atoms with Gasteiger partial charge in [0.2, 0.25) is 0 Å². The van der Waals surface area contributed by atoms with E-state index in [1.54, 1.807) is 0 Å². The summed E-state index contributed by atoms with van der Waals surface area (Å²) in [6.45, 7) is 5.39. The van der Waals surface area contributed by atoms with Gasteiger partial charge in [-0.05, 0) is 60.9 Å². The van der Waals surface area contributed by atoms with Crippen LogP contribution in [0.2, 0.25) is 0 Å². The SMILES string of the molecule is CCCCCCCCCCCOc1ccc(-c2ncc(CCC3CCC(CCCCC)CC3)cn2)cc1. The van der Waals surface area contributed by atoms with Crippen LogP contribution in [0.4, 0.5) is 0 Å². The van der Waals surface area contributed by atoms with Crippen LogP contribution in [0.5, 0.6) is 5.75 Å². The Morgan fingerprint density at radius 1 is 0.649 bits per heavy atom. The fraction of sp³-hybridized carbons (Fsp3) is 0.706. The summed E-state index contributed by atoms with van der Waals surface area (Å²) >= 11 is 0. The van der Waals surface area contributed by atoms with Gasteiger partial charge >= 0.3 is 0 Å². The third-order valence-electron chi connectivity index (χ3n) is 8.36. The molecule has 37 heavy (non-hydrogen) atoms. The average Bonchev–Trinajstić information content (AvgIpc) is 2.94. The van der Waals surface area contributed by atoms with Crippen molar-refractivity contribution in [2.75, 3.05) is 6.61 Å². The number of rotatable bonds is 19. The molecule has 1 aromatic carbocycles. The van der Waals surface area contributed by atoms with E-state index < -0.39 is 0 Å². The normalized spacial score (nSPS) is 17.7. The van der Waals surface area contributed by atoms with Gasteiger partial charge in [0.15, 0.2) is 5.82 Å². The summed E-state index contributed by atoms with van der Waals surface area (Å²) in [5, 5.41) is 0. The maximum absolute atomic E-state index is 5.96. The van der Waals surface area contributed by atoms with Gasteiger partial charge in [0, 0.05) is 18.0 Å². The Bertz CT molecular complexity index is 809. The molecule has 3 rings (SSSR count). The van der Waals surface area contributed by atoms with Crippen molar-refractivity contribution in [2.24, 2.45) is 11.8 Å². The lowest BCUT2D eigenvalue weighted by Crippen LogP contribution is -2.15. The number of benzene rings is 1. The smallest absolute Gasteiger partial charge is 0.159 e. The van der Waals surface area contributed by atoms with E-state index in [2.05, 4.69) is 48.1 Å². The second-order valence-corrected chi connectivity index (χ2v) is 11.5. The molecule has 0 N–H and O–H groups in total. The molecule has 2 aromatic rings. The highest BCUT2D eigenvalue weighted by molar-refractivity contribution is 5.55. The van der Waals surface area contributed by atoms with E-state index in [1.165, 1.54) is 115 Å². The Morgan fingerprint density at radius 2 is 1.19 bits per heavy atom. The van der Waals surface area contributed by atoms with Gasteiger partial charge in [0.05, 0.1) is 6.61 Å². The lowest BCUT2D eigenvalue weighted by Gasteiger charge is -2.28. The molecule has 206 valence electrons. The van der Waals surface area contributed by atoms with Crippen molar-refractivity contribution in [3.63, 3.8) is 0 Å². The quantitative estimate of drug-likeness (QED) is 0.178. The van der Waals surface area contributed by atoms with Crippen molar-refractivity contribution in [2.45, 2.75) is 136 Å². The molecule has 0 atom stereocenters. The largest absolute Gasteiger partial charge is 0.494 e. The number of unbranched alkanes of at least 4 members (excludes halogenated alkanes) is 10. The van der Waals surface area contributed by atoms with Crippen molar-refractivity contribution in [3.05, 3.63) is 42.2 Å². The van der Waals surface area contributed by atoms with E-state index in [4.69, 9.17) is 4.74 Å². The molecular formula is C34H54N2O. The summed E-state index contributed by atoms with van der Waals surface area (Å²) in [7, 11) is 0. The molecule has 1 aromatic heterocycles. The minimum absolute atomic E-state index is 0.806. The first kappa shape index (κ1) is 29.7. The minimum Gasteiger partial charge on any atom is -0.494 e. The molecule has 0 radical (unpaired) electrons. The first-order chi connectivity index (χ1) is 18.3. The zero-order valence-electron chi connectivity index (χ0n) is 24.1. The van der Waals surface area contributed by atoms with Gasteiger partial charge in [-0.1, -0.05) is 117 Å². The number of nitrogens with zero attached hydrogens (tertiary/aromatic N) is 2. The molecule has 0 unspecified atom stereocenters. The van der Waals surface area contributed by atoms with Crippen molar-refractivity contribution < 1.29 is 4.74 Å². The van der Waals surface area contributed by atoms with Gasteiger partial charge in [-0.3, -0.25) is 0 Å². The molecule has 0 spiro atoms. The number of hydrogen-bond acceptors (Lipinski definition) is 3. The molecule has 1 fully saturated rings. The molecule has 0 amide bonds. The van der Waals surface area contributed by atoms with Gasteiger partial charge in [0.25, 0.3) is 0 Å². The van der Waals surface area contributed by atoms with E-state index in [0.29, 0.717) is 0 Å². The van der Waals surface area contributed by atoms with E-state index >= 15 is 0 Å². The molecular weight excluding hydrogens is 452 g/mol. The van der Waals surface area contributed by atoms with Gasteiger partial charge < -0.3 is 4.74 Å². The Morgan fingerprint density at radius 3 is 1.81 bits per heavy atom. The van der Waals surface area contributed by atoms with E-state index in [1.807, 2.05) is 12.4 Å². The summed E-state index contributed by atoms with van der Waals surface area (Å²) in [6.07, 6.45) is 29.9. The van der Waals surface area contributed by atoms with Gasteiger partial charge in [-0.15, -0.1) is 0 Å². The van der Waals surface area contributed by atoms with Crippen molar-refractivity contribution >= 4 is 0 Å². The highest BCUT2D eigenvalue weighted by Crippen LogP contribution is 2.34. The van der Waals surface area contributed by atoms with Crippen LogP contribution in [-0.4, -0.2) is 16.6 Å². The second-order valence-electron chi connectivity index (χ2n) is 11.5. The number of hydrogen-bond donors (Lipinski definition) is 0. The van der Waals surface area contributed by atoms with Crippen LogP contribution < -0.4 is 4.74 Å². The molecule has 1 saturated carbocycles. The average molecular weight is 507 g/mol. The second kappa shape index (κ2) is 18.4. The monoisotopic (exact) mass is 506 g/mol. The molecule has 3 nitrogen and oxygen atoms in total. The van der Waals surface area contributed by atoms with Crippen molar-refractivity contribution in [1.29, 1.82) is 0 Å². The Kier molecular flexibility index (Phi) is 14.7. The standard InChI is InChI=1S/C34H54N2O/c1-3-5-7-8-9-10-11-12-14-26-37-33-24-22-32(23-25-33)34-35-27-31(28-36-34)21-20-30-18-16-29(17-19-30)15-13-6-4-2/h22-25,27-30H,3-21,26H2,1-2H3. The van der Waals surface area contributed by atoms with Crippen molar-refractivity contribution in [3.8, 4) is 17.1 Å². The zero-order valence-corrected chi connectivity index (χ0v) is 24.1. The first-order valence-corrected chi connectivity index (χ1v) is 15.8. The van der Waals surface area contributed by atoms with E-state index in [0.717, 1.165) is 48.4 Å². The lowest BCUT2D eigenvalue weighted by atomic mass is 9.78. The third-order valence-corrected chi connectivity index (χ3v) is 8.36. The van der Waals surface area contributed by atoms with Crippen LogP contribution in [0.3, 0.4) is 0 Å². The topological polar surface area (TPSA) is 35.0 Å². The predicted molar refractivity (Wildman–Crippen MR) is 158 cm³/mol. The molecule has 3 heteroatoms. The fourth-order valence-electron chi connectivity index (χ4n) is 5.80. The maximum atomic E-state index is 5.96. The molecule has 1 heterocycles. The summed E-state index contributed by atoms with van der Waals surface area (Å²) in [5.74, 6) is 3.64. The van der Waals surface area contributed by atoms with Crippen LogP contribution in [-0.2, 0) is 6.42 Å². The van der Waals surface area contributed by atoms with E-state index in [-0.39, 0.29) is 0 Å². The van der Waals surface area contributed by atoms with Gasteiger partial charge in [-0.2, -0.15) is 0 Å². The number of aryl methyl sites for hydroxylation is 1. The highest BCUT2D eigenvalue weighted by atomic mass is 16.5. The molecule has 1 aliphatic rings. The maximum Gasteiger partial charge on any atom is 0.159 e. The first-order valence-electron chi connectivity index (χ1n) is 15.8. The summed E-state index contributed by atoms with van der Waals surface area (Å²) in [4.78, 5) is 9.34. The minimum atomic E-state index is 0.806. The van der Waals surface area contributed by atoms with Crippen LogP contribution in [0, 0.1) is 11.8 Å².